The molecule has 1 saturated heterocycles. The summed E-state index contributed by atoms with van der Waals surface area (Å²) in [7, 11) is 0. The summed E-state index contributed by atoms with van der Waals surface area (Å²) in [6.45, 7) is 4.42. The number of nitrogens with zero attached hydrogens (tertiary/aromatic N) is 2. The Kier molecular flexibility index (Phi) is 4.66. The predicted octanol–water partition coefficient (Wildman–Crippen LogP) is 4.55. The second-order valence-electron chi connectivity index (χ2n) is 6.91. The van der Waals surface area contributed by atoms with Crippen molar-refractivity contribution in [3.63, 3.8) is 0 Å². The van der Waals surface area contributed by atoms with Crippen molar-refractivity contribution in [1.29, 1.82) is 0 Å². The van der Waals surface area contributed by atoms with Crippen molar-refractivity contribution in [2.24, 2.45) is 0 Å². The highest BCUT2D eigenvalue weighted by molar-refractivity contribution is 5.86. The van der Waals surface area contributed by atoms with E-state index < -0.39 is 0 Å². The third kappa shape index (κ3) is 3.52. The first-order valence-electron chi connectivity index (χ1n) is 9.21. The number of fused-ring (bicyclic) bond motifs is 1. The first-order chi connectivity index (χ1) is 12.3. The molecule has 0 bridgehead atoms. The Morgan fingerprint density at radius 1 is 0.960 bits per heavy atom. The van der Waals surface area contributed by atoms with Gasteiger partial charge in [0.05, 0.1) is 0 Å². The van der Waals surface area contributed by atoms with Crippen LogP contribution in [0.25, 0.3) is 10.8 Å². The monoisotopic (exact) mass is 331 g/mol. The van der Waals surface area contributed by atoms with Crippen molar-refractivity contribution in [1.82, 2.24) is 10.3 Å². The molecule has 2 aromatic carbocycles. The number of anilines is 1. The number of nitrogens with one attached hydrogen (secondary N) is 1. The molecule has 0 radical (unpaired) electrons. The van der Waals surface area contributed by atoms with Crippen LogP contribution in [-0.2, 0) is 0 Å². The molecule has 3 heteroatoms. The van der Waals surface area contributed by atoms with Crippen LogP contribution in [-0.4, -0.2) is 24.1 Å². The van der Waals surface area contributed by atoms with E-state index in [1.54, 1.807) is 0 Å². The van der Waals surface area contributed by atoms with Crippen LogP contribution in [0.3, 0.4) is 0 Å². The molecule has 1 aromatic heterocycles. The summed E-state index contributed by atoms with van der Waals surface area (Å²) in [5, 5.41) is 6.53. The Hall–Kier alpha value is -2.39. The highest BCUT2D eigenvalue weighted by atomic mass is 15.2. The Morgan fingerprint density at radius 2 is 1.72 bits per heavy atom. The Bertz CT molecular complexity index is 818. The Balaban J connectivity index is 1.41. The van der Waals surface area contributed by atoms with E-state index >= 15 is 0 Å². The molecule has 4 rings (SSSR count). The summed E-state index contributed by atoms with van der Waals surface area (Å²) in [4.78, 5) is 6.87. The van der Waals surface area contributed by atoms with Crippen LogP contribution in [0.5, 0.6) is 0 Å². The third-order valence-electron chi connectivity index (χ3n) is 5.24. The molecule has 3 nitrogen and oxygen atoms in total. The van der Waals surface area contributed by atoms with Crippen LogP contribution in [0.2, 0.25) is 0 Å². The molecule has 0 aliphatic carbocycles. The fraction of sp³-hybridized carbons (Fsp3) is 0.318. The van der Waals surface area contributed by atoms with E-state index in [0.29, 0.717) is 12.1 Å². The number of aromatic nitrogens is 1. The quantitative estimate of drug-likeness (QED) is 0.760. The largest absolute Gasteiger partial charge is 0.357 e. The predicted molar refractivity (Wildman–Crippen MR) is 105 cm³/mol. The minimum Gasteiger partial charge on any atom is -0.357 e. The summed E-state index contributed by atoms with van der Waals surface area (Å²) in [6.07, 6.45) is 4.19. The summed E-state index contributed by atoms with van der Waals surface area (Å²) in [5.41, 5.74) is 1.39. The van der Waals surface area contributed by atoms with Gasteiger partial charge < -0.3 is 10.2 Å². The van der Waals surface area contributed by atoms with Crippen molar-refractivity contribution in [2.45, 2.75) is 31.8 Å². The van der Waals surface area contributed by atoms with Gasteiger partial charge in [0.15, 0.2) is 0 Å². The highest BCUT2D eigenvalue weighted by Gasteiger charge is 2.22. The minimum absolute atomic E-state index is 0.359. The molecule has 128 valence electrons. The lowest BCUT2D eigenvalue weighted by Crippen LogP contribution is -2.43. The van der Waals surface area contributed by atoms with Gasteiger partial charge in [-0.15, -0.1) is 0 Å². The lowest BCUT2D eigenvalue weighted by Gasteiger charge is -2.34. The molecule has 1 atom stereocenters. The molecule has 25 heavy (non-hydrogen) atoms. The van der Waals surface area contributed by atoms with Gasteiger partial charge in [0.25, 0.3) is 0 Å². The normalized spacial score (nSPS) is 16.9. The standard InChI is InChI=1S/C22H25N3/c1-17(20-10-6-8-18-7-2-3-9-21(18)20)24-19-12-15-25(16-13-19)22-11-4-5-14-23-22/h2-11,14,17,19,24H,12-13,15-16H2,1H3. The number of piperidine rings is 1. The van der Waals surface area contributed by atoms with E-state index in [1.165, 1.54) is 16.3 Å². The summed E-state index contributed by atoms with van der Waals surface area (Å²) >= 11 is 0. The van der Waals surface area contributed by atoms with Crippen LogP contribution < -0.4 is 10.2 Å². The molecule has 1 fully saturated rings. The zero-order valence-corrected chi connectivity index (χ0v) is 14.7. The molecule has 0 saturated carbocycles. The van der Waals surface area contributed by atoms with E-state index in [4.69, 9.17) is 0 Å². The molecule has 2 heterocycles. The molecule has 1 aliphatic rings. The van der Waals surface area contributed by atoms with Crippen molar-refractivity contribution in [3.8, 4) is 0 Å². The van der Waals surface area contributed by atoms with Crippen LogP contribution in [0, 0.1) is 0 Å². The SMILES string of the molecule is CC(NC1CCN(c2ccccn2)CC1)c1cccc2ccccc12. The van der Waals surface area contributed by atoms with Crippen LogP contribution >= 0.6 is 0 Å². The first-order valence-corrected chi connectivity index (χ1v) is 9.21. The molecular weight excluding hydrogens is 306 g/mol. The molecule has 0 spiro atoms. The third-order valence-corrected chi connectivity index (χ3v) is 5.24. The summed E-state index contributed by atoms with van der Waals surface area (Å²) < 4.78 is 0. The molecule has 0 amide bonds. The van der Waals surface area contributed by atoms with E-state index in [1.807, 2.05) is 12.3 Å². The first kappa shape index (κ1) is 16.1. The van der Waals surface area contributed by atoms with Gasteiger partial charge in [-0.3, -0.25) is 0 Å². The number of hydrogen-bond acceptors (Lipinski definition) is 3. The molecule has 3 aromatic rings. The maximum Gasteiger partial charge on any atom is 0.128 e. The average molecular weight is 331 g/mol. The smallest absolute Gasteiger partial charge is 0.128 e. The van der Waals surface area contributed by atoms with Crippen LogP contribution in [0.1, 0.15) is 31.4 Å². The van der Waals surface area contributed by atoms with Gasteiger partial charge in [-0.1, -0.05) is 48.5 Å². The topological polar surface area (TPSA) is 28.2 Å². The molecule has 1 unspecified atom stereocenters. The average Bonchev–Trinajstić information content (AvgIpc) is 2.69. The van der Waals surface area contributed by atoms with Crippen molar-refractivity contribution >= 4 is 16.6 Å². The maximum absolute atomic E-state index is 4.48. The van der Waals surface area contributed by atoms with Gasteiger partial charge in [0.2, 0.25) is 0 Å². The van der Waals surface area contributed by atoms with Gasteiger partial charge in [-0.2, -0.15) is 0 Å². The zero-order chi connectivity index (χ0) is 17.1. The van der Waals surface area contributed by atoms with Gasteiger partial charge in [0.1, 0.15) is 5.82 Å². The van der Waals surface area contributed by atoms with Gasteiger partial charge >= 0.3 is 0 Å². The van der Waals surface area contributed by atoms with Gasteiger partial charge in [-0.25, -0.2) is 4.98 Å². The van der Waals surface area contributed by atoms with Crippen molar-refractivity contribution < 1.29 is 0 Å². The van der Waals surface area contributed by atoms with E-state index in [-0.39, 0.29) is 0 Å². The number of rotatable bonds is 4. The summed E-state index contributed by atoms with van der Waals surface area (Å²) in [5.74, 6) is 1.10. The van der Waals surface area contributed by atoms with E-state index in [0.717, 1.165) is 31.7 Å². The minimum atomic E-state index is 0.359. The van der Waals surface area contributed by atoms with Crippen LogP contribution in [0.4, 0.5) is 5.82 Å². The maximum atomic E-state index is 4.48. The second-order valence-corrected chi connectivity index (χ2v) is 6.91. The molecule has 1 N–H and O–H groups in total. The van der Waals surface area contributed by atoms with E-state index in [9.17, 15) is 0 Å². The van der Waals surface area contributed by atoms with Crippen molar-refractivity contribution in [2.75, 3.05) is 18.0 Å². The lowest BCUT2D eigenvalue weighted by molar-refractivity contribution is 0.381. The Morgan fingerprint density at radius 3 is 2.52 bits per heavy atom. The second kappa shape index (κ2) is 7.24. The van der Waals surface area contributed by atoms with Gasteiger partial charge in [0, 0.05) is 31.4 Å². The van der Waals surface area contributed by atoms with Crippen LogP contribution in [0.15, 0.2) is 66.9 Å². The van der Waals surface area contributed by atoms with Gasteiger partial charge in [-0.05, 0) is 48.2 Å². The number of benzene rings is 2. The fourth-order valence-electron chi connectivity index (χ4n) is 3.89. The van der Waals surface area contributed by atoms with Crippen molar-refractivity contribution in [3.05, 3.63) is 72.4 Å². The lowest BCUT2D eigenvalue weighted by atomic mass is 9.97. The molecule has 1 aliphatic heterocycles. The summed E-state index contributed by atoms with van der Waals surface area (Å²) in [6, 6.07) is 22.3. The molecular formula is C22H25N3. The zero-order valence-electron chi connectivity index (χ0n) is 14.7. The fourth-order valence-corrected chi connectivity index (χ4v) is 3.89. The Labute approximate surface area is 149 Å². The van der Waals surface area contributed by atoms with E-state index in [2.05, 4.69) is 76.7 Å². The number of pyridine rings is 1. The number of hydrogen-bond donors (Lipinski definition) is 1. The highest BCUT2D eigenvalue weighted by Crippen LogP contribution is 2.26.